The van der Waals surface area contributed by atoms with E-state index in [1.54, 1.807) is 0 Å². The average molecular weight is 241 g/mol. The molecule has 1 rings (SSSR count). The quantitative estimate of drug-likeness (QED) is 0.508. The van der Waals surface area contributed by atoms with Crippen LogP contribution in [0.15, 0.2) is 23.8 Å². The first-order valence-electron chi connectivity index (χ1n) is 3.05. The van der Waals surface area contributed by atoms with Gasteiger partial charge in [0.05, 0.1) is 0 Å². The highest BCUT2D eigenvalue weighted by Crippen LogP contribution is 2.34. The highest BCUT2D eigenvalue weighted by atomic mass is 79.9. The third kappa shape index (κ3) is 1.46. The Bertz CT molecular complexity index is 274. The van der Waals surface area contributed by atoms with Crippen molar-refractivity contribution in [3.05, 3.63) is 23.8 Å². The summed E-state index contributed by atoms with van der Waals surface area (Å²) < 4.78 is 35.9. The Labute approximate surface area is 75.1 Å². The molecular formula is C7H4BrF3O. The second-order valence-electron chi connectivity index (χ2n) is 2.35. The van der Waals surface area contributed by atoms with Crippen molar-refractivity contribution in [3.8, 4) is 0 Å². The van der Waals surface area contributed by atoms with Crippen LogP contribution in [0.4, 0.5) is 13.2 Å². The Balaban J connectivity index is 3.06. The van der Waals surface area contributed by atoms with Gasteiger partial charge in [0.25, 0.3) is 0 Å². The average Bonchev–Trinajstić information content (AvgIpc) is 2.01. The number of allylic oxidation sites excluding steroid dienone is 4. The van der Waals surface area contributed by atoms with Gasteiger partial charge in [0, 0.05) is 0 Å². The molecule has 0 fully saturated rings. The van der Waals surface area contributed by atoms with Crippen molar-refractivity contribution < 1.29 is 18.0 Å². The molecule has 0 aliphatic heterocycles. The Morgan fingerprint density at radius 1 is 1.50 bits per heavy atom. The SMILES string of the molecule is O=CC1(Br)C=C(F)C(F)=CC1F. The molecule has 2 unspecified atom stereocenters. The molecule has 0 radical (unpaired) electrons. The van der Waals surface area contributed by atoms with Gasteiger partial charge in [-0.3, -0.25) is 0 Å². The largest absolute Gasteiger partial charge is 0.301 e. The van der Waals surface area contributed by atoms with Gasteiger partial charge in [-0.1, -0.05) is 15.9 Å². The maximum Gasteiger partial charge on any atom is 0.157 e. The molecule has 0 aromatic rings. The smallest absolute Gasteiger partial charge is 0.157 e. The van der Waals surface area contributed by atoms with Crippen molar-refractivity contribution in [2.24, 2.45) is 0 Å². The highest BCUT2D eigenvalue weighted by Gasteiger charge is 2.38. The monoisotopic (exact) mass is 240 g/mol. The van der Waals surface area contributed by atoms with E-state index >= 15 is 0 Å². The van der Waals surface area contributed by atoms with Gasteiger partial charge in [-0.15, -0.1) is 0 Å². The summed E-state index contributed by atoms with van der Waals surface area (Å²) >= 11 is 2.66. The highest BCUT2D eigenvalue weighted by molar-refractivity contribution is 9.10. The zero-order valence-electron chi connectivity index (χ0n) is 5.73. The van der Waals surface area contributed by atoms with E-state index in [9.17, 15) is 18.0 Å². The number of halogens is 4. The van der Waals surface area contributed by atoms with Crippen LogP contribution in [0.5, 0.6) is 0 Å². The fourth-order valence-corrected chi connectivity index (χ4v) is 1.11. The van der Waals surface area contributed by atoms with Crippen LogP contribution in [0.25, 0.3) is 0 Å². The van der Waals surface area contributed by atoms with Gasteiger partial charge in [0.15, 0.2) is 11.7 Å². The van der Waals surface area contributed by atoms with Crippen molar-refractivity contribution >= 4 is 22.2 Å². The van der Waals surface area contributed by atoms with Crippen molar-refractivity contribution in [1.29, 1.82) is 0 Å². The number of aldehydes is 1. The van der Waals surface area contributed by atoms with Gasteiger partial charge in [0.1, 0.15) is 16.8 Å². The number of alkyl halides is 2. The first kappa shape index (κ1) is 9.51. The minimum atomic E-state index is -1.88. The molecule has 0 heterocycles. The lowest BCUT2D eigenvalue weighted by Gasteiger charge is -2.22. The molecule has 0 bridgehead atoms. The fourth-order valence-electron chi connectivity index (χ4n) is 0.778. The molecule has 0 saturated carbocycles. The summed E-state index contributed by atoms with van der Waals surface area (Å²) in [7, 11) is 0. The van der Waals surface area contributed by atoms with Gasteiger partial charge in [0.2, 0.25) is 0 Å². The molecular weight excluding hydrogens is 237 g/mol. The number of hydrogen-bond acceptors (Lipinski definition) is 1. The number of hydrogen-bond donors (Lipinski definition) is 0. The molecule has 0 amide bonds. The summed E-state index contributed by atoms with van der Waals surface area (Å²) in [6.07, 6.45) is -0.715. The molecule has 0 N–H and O–H groups in total. The van der Waals surface area contributed by atoms with E-state index < -0.39 is 22.1 Å². The van der Waals surface area contributed by atoms with Crippen LogP contribution < -0.4 is 0 Å². The molecule has 1 nitrogen and oxygen atoms in total. The van der Waals surface area contributed by atoms with E-state index in [4.69, 9.17) is 0 Å². The first-order valence-corrected chi connectivity index (χ1v) is 3.84. The molecule has 0 saturated heterocycles. The lowest BCUT2D eigenvalue weighted by Crippen LogP contribution is -2.33. The molecule has 0 aromatic carbocycles. The first-order chi connectivity index (χ1) is 5.49. The normalized spacial score (nSPS) is 35.5. The summed E-state index contributed by atoms with van der Waals surface area (Å²) in [6, 6.07) is 0. The lowest BCUT2D eigenvalue weighted by molar-refractivity contribution is -0.109. The van der Waals surface area contributed by atoms with E-state index in [0.717, 1.165) is 0 Å². The molecule has 66 valence electrons. The van der Waals surface area contributed by atoms with Crippen LogP contribution in [0.2, 0.25) is 0 Å². The van der Waals surface area contributed by atoms with E-state index in [1.165, 1.54) is 0 Å². The summed E-state index contributed by atoms with van der Waals surface area (Å²) in [4.78, 5) is 10.3. The van der Waals surface area contributed by atoms with Crippen LogP contribution in [0.3, 0.4) is 0 Å². The topological polar surface area (TPSA) is 17.1 Å². The second-order valence-corrected chi connectivity index (χ2v) is 3.73. The van der Waals surface area contributed by atoms with E-state index in [1.807, 2.05) is 0 Å². The molecule has 0 aromatic heterocycles. The summed E-state index contributed by atoms with van der Waals surface area (Å²) in [5, 5.41) is 0. The Kier molecular flexibility index (Phi) is 2.41. The molecule has 1 aliphatic carbocycles. The minimum absolute atomic E-state index is 0.181. The maximum absolute atomic E-state index is 12.9. The molecule has 5 heteroatoms. The number of carbonyl (C=O) groups is 1. The van der Waals surface area contributed by atoms with Gasteiger partial charge >= 0.3 is 0 Å². The van der Waals surface area contributed by atoms with Crippen molar-refractivity contribution in [2.75, 3.05) is 0 Å². The summed E-state index contributed by atoms with van der Waals surface area (Å²) in [5.74, 6) is -2.51. The van der Waals surface area contributed by atoms with Crippen LogP contribution >= 0.6 is 15.9 Å². The summed E-state index contributed by atoms with van der Waals surface area (Å²) in [6.45, 7) is 0. The van der Waals surface area contributed by atoms with Gasteiger partial charge in [-0.25, -0.2) is 13.2 Å². The molecule has 2 atom stereocenters. The Morgan fingerprint density at radius 3 is 2.58 bits per heavy atom. The minimum Gasteiger partial charge on any atom is -0.301 e. The zero-order valence-corrected chi connectivity index (χ0v) is 7.32. The Hall–Kier alpha value is -0.580. The van der Waals surface area contributed by atoms with Crippen LogP contribution in [-0.4, -0.2) is 16.8 Å². The number of carbonyl (C=O) groups excluding carboxylic acids is 1. The van der Waals surface area contributed by atoms with E-state index in [0.29, 0.717) is 12.2 Å². The standard InChI is InChI=1S/C7H4BrF3O/c8-7(3-12)2-5(10)4(9)1-6(7)11/h1-3,6H. The van der Waals surface area contributed by atoms with Gasteiger partial charge in [-0.2, -0.15) is 0 Å². The lowest BCUT2D eigenvalue weighted by atomic mass is 9.99. The van der Waals surface area contributed by atoms with Gasteiger partial charge < -0.3 is 4.79 Å². The molecule has 0 spiro atoms. The van der Waals surface area contributed by atoms with E-state index in [-0.39, 0.29) is 6.29 Å². The third-order valence-corrected chi connectivity index (χ3v) is 2.33. The zero-order chi connectivity index (χ0) is 9.35. The van der Waals surface area contributed by atoms with Crippen LogP contribution in [0, 0.1) is 0 Å². The van der Waals surface area contributed by atoms with Crippen molar-refractivity contribution in [3.63, 3.8) is 0 Å². The third-order valence-electron chi connectivity index (χ3n) is 1.47. The van der Waals surface area contributed by atoms with Crippen LogP contribution in [-0.2, 0) is 4.79 Å². The van der Waals surface area contributed by atoms with Crippen LogP contribution in [0.1, 0.15) is 0 Å². The predicted molar refractivity (Wildman–Crippen MR) is 41.0 cm³/mol. The molecule has 12 heavy (non-hydrogen) atoms. The predicted octanol–water partition coefficient (Wildman–Crippen LogP) is 2.38. The summed E-state index contributed by atoms with van der Waals surface area (Å²) in [5.41, 5.74) is 0. The maximum atomic E-state index is 12.9. The van der Waals surface area contributed by atoms with E-state index in [2.05, 4.69) is 15.9 Å². The van der Waals surface area contributed by atoms with Crippen molar-refractivity contribution in [1.82, 2.24) is 0 Å². The van der Waals surface area contributed by atoms with Gasteiger partial charge in [-0.05, 0) is 12.2 Å². The Morgan fingerprint density at radius 2 is 2.08 bits per heavy atom. The number of rotatable bonds is 1. The van der Waals surface area contributed by atoms with Crippen molar-refractivity contribution in [2.45, 2.75) is 10.5 Å². The molecule has 1 aliphatic rings. The fraction of sp³-hybridized carbons (Fsp3) is 0.286. The second kappa shape index (κ2) is 3.05.